The summed E-state index contributed by atoms with van der Waals surface area (Å²) >= 11 is 2.53. The maximum Gasteiger partial charge on any atom is 0.0396 e. The van der Waals surface area contributed by atoms with Gasteiger partial charge in [0.1, 0.15) is 0 Å². The summed E-state index contributed by atoms with van der Waals surface area (Å²) in [5.74, 6) is 0. The Labute approximate surface area is 101 Å². The molecule has 0 aromatic heterocycles. The number of nitrogen functional groups attached to an aromatic ring is 1. The lowest BCUT2D eigenvalue weighted by atomic mass is 10.0. The van der Waals surface area contributed by atoms with Crippen LogP contribution in [0.15, 0.2) is 48.5 Å². The van der Waals surface area contributed by atoms with Gasteiger partial charge >= 0.3 is 0 Å². The van der Waals surface area contributed by atoms with Crippen LogP contribution in [0.25, 0.3) is 11.1 Å². The lowest BCUT2D eigenvalue weighted by Gasteiger charge is -2.06. The van der Waals surface area contributed by atoms with E-state index in [2.05, 4.69) is 37.2 Å². The highest BCUT2D eigenvalue weighted by atomic mass is 32.1. The molecule has 0 radical (unpaired) electrons. The molecule has 0 unspecified atom stereocenters. The summed E-state index contributed by atoms with van der Waals surface area (Å²) < 4.78 is 6.69. The van der Waals surface area contributed by atoms with Crippen LogP contribution in [0.4, 0.5) is 5.69 Å². The second-order valence-electron chi connectivity index (χ2n) is 3.46. The quantitative estimate of drug-likeness (QED) is 0.400. The van der Waals surface area contributed by atoms with E-state index in [-0.39, 0.29) is 0 Å². The van der Waals surface area contributed by atoms with Crippen molar-refractivity contribution in [3.63, 3.8) is 0 Å². The smallest absolute Gasteiger partial charge is 0.0396 e. The molecule has 0 spiro atoms. The number of hydrogen-bond acceptors (Lipinski definition) is 3. The largest absolute Gasteiger partial charge is 0.398 e. The van der Waals surface area contributed by atoms with Gasteiger partial charge in [-0.05, 0) is 37.0 Å². The summed E-state index contributed by atoms with van der Waals surface area (Å²) in [6.45, 7) is 2.05. The van der Waals surface area contributed by atoms with Crippen molar-refractivity contribution in [2.24, 2.45) is 0 Å². The molecule has 0 saturated carbocycles. The Morgan fingerprint density at radius 2 is 1.62 bits per heavy atom. The number of rotatable bonds is 1. The zero-order valence-corrected chi connectivity index (χ0v) is 9.99. The maximum atomic E-state index is 6.69. The van der Waals surface area contributed by atoms with Gasteiger partial charge in [-0.3, -0.25) is 0 Å². The highest BCUT2D eigenvalue weighted by Crippen LogP contribution is 2.25. The van der Waals surface area contributed by atoms with Gasteiger partial charge in [0, 0.05) is 11.3 Å². The molecule has 2 rings (SSSR count). The zero-order valence-electron chi connectivity index (χ0n) is 9.09. The molecule has 0 saturated heterocycles. The van der Waals surface area contributed by atoms with E-state index in [1.54, 1.807) is 0 Å². The van der Waals surface area contributed by atoms with Gasteiger partial charge in [0.05, 0.1) is 0 Å². The van der Waals surface area contributed by atoms with Gasteiger partial charge in [-0.15, -0.1) is 0 Å². The number of hydrogen-bond donors (Lipinski definition) is 3. The van der Waals surface area contributed by atoms with Gasteiger partial charge in [-0.2, -0.15) is 0 Å². The first-order valence-electron chi connectivity index (χ1n) is 4.89. The molecule has 0 aliphatic heterocycles. The summed E-state index contributed by atoms with van der Waals surface area (Å²) in [6, 6.07) is 16.3. The Balaban J connectivity index is 0.000000606. The first kappa shape index (κ1) is 12.6. The number of nitrogens with two attached hydrogens (primary N) is 1. The molecule has 2 nitrogen and oxygen atoms in total. The van der Waals surface area contributed by atoms with E-state index in [1.165, 1.54) is 11.1 Å². The summed E-state index contributed by atoms with van der Waals surface area (Å²) in [4.78, 5) is 0. The van der Waals surface area contributed by atoms with Crippen LogP contribution in [0, 0.1) is 6.92 Å². The van der Waals surface area contributed by atoms with Crippen LogP contribution in [0.5, 0.6) is 0 Å². The van der Waals surface area contributed by atoms with Crippen LogP contribution in [0.1, 0.15) is 5.56 Å². The molecule has 0 atom stereocenters. The van der Waals surface area contributed by atoms with E-state index in [9.17, 15) is 0 Å². The van der Waals surface area contributed by atoms with Gasteiger partial charge in [0.25, 0.3) is 0 Å². The molecule has 0 aliphatic rings. The van der Waals surface area contributed by atoms with Crippen molar-refractivity contribution in [2.75, 3.05) is 5.73 Å². The fraction of sp³-hybridized carbons (Fsp3) is 0.0769. The minimum Gasteiger partial charge on any atom is -0.398 e. The first-order valence-corrected chi connectivity index (χ1v) is 5.29. The molecule has 0 bridgehead atoms. The van der Waals surface area contributed by atoms with Gasteiger partial charge in [0.15, 0.2) is 0 Å². The maximum absolute atomic E-state index is 6.69. The first-order chi connectivity index (χ1) is 7.77. The third-order valence-electron chi connectivity index (χ3n) is 2.29. The molecule has 16 heavy (non-hydrogen) atoms. The average molecular weight is 233 g/mol. The molecule has 0 aliphatic carbocycles. The standard InChI is InChI=1S/C13H13N.H2OS/c1-10-7-8-12(13(14)9-10)11-5-3-2-4-6-11;1-2/h2-9H,14H2,1H3;1-2H. The van der Waals surface area contributed by atoms with Crippen LogP contribution in [0.2, 0.25) is 0 Å². The lowest BCUT2D eigenvalue weighted by molar-refractivity contribution is 0.679. The van der Waals surface area contributed by atoms with Crippen LogP contribution in [0.3, 0.4) is 0 Å². The van der Waals surface area contributed by atoms with Crippen molar-refractivity contribution in [3.8, 4) is 11.1 Å². The molecule has 0 fully saturated rings. The van der Waals surface area contributed by atoms with Gasteiger partial charge in [0.2, 0.25) is 0 Å². The number of anilines is 1. The van der Waals surface area contributed by atoms with Crippen LogP contribution in [-0.2, 0) is 0 Å². The summed E-state index contributed by atoms with van der Waals surface area (Å²) in [5.41, 5.74) is 10.3. The van der Waals surface area contributed by atoms with E-state index >= 15 is 0 Å². The molecule has 0 heterocycles. The zero-order chi connectivity index (χ0) is 12.0. The Hall–Kier alpha value is -1.45. The third kappa shape index (κ3) is 3.02. The number of thiol groups is 1. The number of benzene rings is 2. The minimum atomic E-state index is 0.844. The summed E-state index contributed by atoms with van der Waals surface area (Å²) in [6.07, 6.45) is 0. The summed E-state index contributed by atoms with van der Waals surface area (Å²) in [7, 11) is 0. The molecule has 3 heteroatoms. The SMILES string of the molecule is Cc1ccc(-c2ccccc2)c(N)c1.OS. The molecule has 2 aromatic rings. The van der Waals surface area contributed by atoms with Crippen molar-refractivity contribution in [1.29, 1.82) is 0 Å². The topological polar surface area (TPSA) is 46.2 Å². The Morgan fingerprint density at radius 1 is 1.00 bits per heavy atom. The van der Waals surface area contributed by atoms with Crippen LogP contribution >= 0.6 is 12.9 Å². The van der Waals surface area contributed by atoms with Crippen molar-refractivity contribution in [3.05, 3.63) is 54.1 Å². The Morgan fingerprint density at radius 3 is 2.19 bits per heavy atom. The van der Waals surface area contributed by atoms with Crippen molar-refractivity contribution >= 4 is 18.6 Å². The fourth-order valence-electron chi connectivity index (χ4n) is 1.56. The van der Waals surface area contributed by atoms with E-state index in [0.29, 0.717) is 0 Å². The third-order valence-corrected chi connectivity index (χ3v) is 2.29. The van der Waals surface area contributed by atoms with Crippen molar-refractivity contribution < 1.29 is 4.55 Å². The monoisotopic (exact) mass is 233 g/mol. The van der Waals surface area contributed by atoms with E-state index < -0.39 is 0 Å². The van der Waals surface area contributed by atoms with Crippen LogP contribution in [-0.4, -0.2) is 4.55 Å². The summed E-state index contributed by atoms with van der Waals surface area (Å²) in [5, 5.41) is 0. The Kier molecular flexibility index (Phi) is 4.89. The molecular weight excluding hydrogens is 218 g/mol. The highest BCUT2D eigenvalue weighted by molar-refractivity contribution is 7.74. The fourth-order valence-corrected chi connectivity index (χ4v) is 1.56. The lowest BCUT2D eigenvalue weighted by Crippen LogP contribution is -1.90. The van der Waals surface area contributed by atoms with Crippen LogP contribution < -0.4 is 5.73 Å². The van der Waals surface area contributed by atoms with Crippen molar-refractivity contribution in [2.45, 2.75) is 6.92 Å². The van der Waals surface area contributed by atoms with Gasteiger partial charge in [-0.1, -0.05) is 42.5 Å². The van der Waals surface area contributed by atoms with E-state index in [0.717, 1.165) is 11.3 Å². The number of aryl methyl sites for hydroxylation is 1. The van der Waals surface area contributed by atoms with Crippen molar-refractivity contribution in [1.82, 2.24) is 0 Å². The van der Waals surface area contributed by atoms with E-state index in [4.69, 9.17) is 10.3 Å². The second-order valence-corrected chi connectivity index (χ2v) is 3.46. The molecule has 0 amide bonds. The molecule has 84 valence electrons. The van der Waals surface area contributed by atoms with E-state index in [1.807, 2.05) is 31.2 Å². The predicted molar refractivity (Wildman–Crippen MR) is 72.6 cm³/mol. The second kappa shape index (κ2) is 6.20. The molecular formula is C13H15NOS. The van der Waals surface area contributed by atoms with Gasteiger partial charge < -0.3 is 10.3 Å². The van der Waals surface area contributed by atoms with Gasteiger partial charge in [-0.25, -0.2) is 0 Å². The highest BCUT2D eigenvalue weighted by Gasteiger charge is 2.00. The Bertz CT molecular complexity index is 443. The minimum absolute atomic E-state index is 0.844. The normalized spacial score (nSPS) is 9.19. The molecule has 3 N–H and O–H groups in total. The predicted octanol–water partition coefficient (Wildman–Crippen LogP) is 3.63. The molecule has 2 aromatic carbocycles. The average Bonchev–Trinajstić information content (AvgIpc) is 2.33.